The van der Waals surface area contributed by atoms with Crippen molar-refractivity contribution in [3.8, 4) is 0 Å². The third-order valence-corrected chi connectivity index (χ3v) is 6.72. The largest absolute Gasteiger partial charge is 0.322 e. The molecule has 0 unspecified atom stereocenters. The fourth-order valence-corrected chi connectivity index (χ4v) is 4.52. The van der Waals surface area contributed by atoms with E-state index in [1.807, 2.05) is 0 Å². The van der Waals surface area contributed by atoms with Crippen molar-refractivity contribution in [2.45, 2.75) is 24.7 Å². The Morgan fingerprint density at radius 3 is 2.39 bits per heavy atom. The summed E-state index contributed by atoms with van der Waals surface area (Å²) in [6.07, 6.45) is 1.69. The second kappa shape index (κ2) is 8.07. The zero-order valence-electron chi connectivity index (χ0n) is 15.4. The molecule has 3 rings (SSSR count). The van der Waals surface area contributed by atoms with Crippen LogP contribution in [0, 0.1) is 16.0 Å². The minimum atomic E-state index is -3.55. The number of anilines is 1. The van der Waals surface area contributed by atoms with Crippen molar-refractivity contribution in [2.24, 2.45) is 5.92 Å². The Labute approximate surface area is 163 Å². The van der Waals surface area contributed by atoms with Crippen LogP contribution in [0.3, 0.4) is 0 Å². The number of sulfonamides is 1. The highest BCUT2D eigenvalue weighted by molar-refractivity contribution is 7.89. The van der Waals surface area contributed by atoms with Crippen molar-refractivity contribution < 1.29 is 18.1 Å². The molecule has 1 saturated heterocycles. The van der Waals surface area contributed by atoms with Crippen LogP contribution in [0.4, 0.5) is 11.4 Å². The number of amides is 1. The number of nitrogens with one attached hydrogen (secondary N) is 1. The third-order valence-electron chi connectivity index (χ3n) is 4.81. The maximum Gasteiger partial charge on any atom is 0.270 e. The number of nitro benzene ring substituents is 1. The Hall–Kier alpha value is -2.78. The van der Waals surface area contributed by atoms with Gasteiger partial charge >= 0.3 is 0 Å². The van der Waals surface area contributed by atoms with Gasteiger partial charge in [0.1, 0.15) is 0 Å². The van der Waals surface area contributed by atoms with Gasteiger partial charge in [-0.25, -0.2) is 8.42 Å². The molecule has 0 radical (unpaired) electrons. The molecule has 0 saturated carbocycles. The van der Waals surface area contributed by atoms with E-state index in [0.29, 0.717) is 24.7 Å². The summed E-state index contributed by atoms with van der Waals surface area (Å²) in [5.41, 5.74) is 0.376. The van der Waals surface area contributed by atoms with Gasteiger partial charge in [-0.15, -0.1) is 0 Å². The fraction of sp³-hybridized carbons (Fsp3) is 0.316. The lowest BCUT2D eigenvalue weighted by molar-refractivity contribution is -0.384. The lowest BCUT2D eigenvalue weighted by Crippen LogP contribution is -2.37. The van der Waals surface area contributed by atoms with Gasteiger partial charge in [0.05, 0.1) is 9.82 Å². The van der Waals surface area contributed by atoms with Gasteiger partial charge in [-0.2, -0.15) is 4.31 Å². The summed E-state index contributed by atoms with van der Waals surface area (Å²) < 4.78 is 26.9. The van der Waals surface area contributed by atoms with E-state index in [4.69, 9.17) is 0 Å². The Bertz CT molecular complexity index is 981. The number of piperidine rings is 1. The summed E-state index contributed by atoms with van der Waals surface area (Å²) in [7, 11) is -3.55. The number of benzene rings is 2. The first kappa shape index (κ1) is 20.0. The minimum absolute atomic E-state index is 0.147. The van der Waals surface area contributed by atoms with Crippen LogP contribution in [0.5, 0.6) is 0 Å². The second-order valence-electron chi connectivity index (χ2n) is 6.87. The van der Waals surface area contributed by atoms with E-state index in [1.54, 1.807) is 0 Å². The smallest absolute Gasteiger partial charge is 0.270 e. The number of hydrogen-bond acceptors (Lipinski definition) is 5. The van der Waals surface area contributed by atoms with Gasteiger partial charge in [-0.1, -0.05) is 13.0 Å². The molecule has 0 spiro atoms. The molecule has 0 aliphatic carbocycles. The highest BCUT2D eigenvalue weighted by Gasteiger charge is 2.27. The van der Waals surface area contributed by atoms with E-state index in [9.17, 15) is 23.3 Å². The van der Waals surface area contributed by atoms with Crippen LogP contribution in [-0.4, -0.2) is 36.6 Å². The molecule has 9 heteroatoms. The van der Waals surface area contributed by atoms with Crippen molar-refractivity contribution in [3.05, 3.63) is 64.2 Å². The quantitative estimate of drug-likeness (QED) is 0.609. The number of hydrogen-bond donors (Lipinski definition) is 1. The normalized spacial score (nSPS) is 15.9. The van der Waals surface area contributed by atoms with Crippen LogP contribution in [0.2, 0.25) is 0 Å². The zero-order valence-corrected chi connectivity index (χ0v) is 16.2. The molecular formula is C19H21N3O5S. The van der Waals surface area contributed by atoms with Crippen LogP contribution in [0.15, 0.2) is 53.4 Å². The molecule has 1 fully saturated rings. The molecule has 0 atom stereocenters. The Balaban J connectivity index is 1.71. The van der Waals surface area contributed by atoms with Crippen molar-refractivity contribution in [1.29, 1.82) is 0 Å². The summed E-state index contributed by atoms with van der Waals surface area (Å²) in [5.74, 6) is 0.0159. The fourth-order valence-electron chi connectivity index (χ4n) is 3.05. The van der Waals surface area contributed by atoms with Crippen LogP contribution >= 0.6 is 0 Å². The van der Waals surface area contributed by atoms with E-state index < -0.39 is 20.9 Å². The van der Waals surface area contributed by atoms with Gasteiger partial charge < -0.3 is 5.32 Å². The summed E-state index contributed by atoms with van der Waals surface area (Å²) in [6.45, 7) is 3.13. The number of carbonyl (C=O) groups is 1. The summed E-state index contributed by atoms with van der Waals surface area (Å²) in [5, 5.41) is 13.4. The maximum absolute atomic E-state index is 12.7. The molecule has 2 aromatic carbocycles. The van der Waals surface area contributed by atoms with Gasteiger partial charge in [-0.3, -0.25) is 14.9 Å². The number of carbonyl (C=O) groups excluding carboxylic acids is 1. The van der Waals surface area contributed by atoms with E-state index in [-0.39, 0.29) is 16.1 Å². The van der Waals surface area contributed by atoms with Gasteiger partial charge in [0.25, 0.3) is 11.6 Å². The Morgan fingerprint density at radius 2 is 1.79 bits per heavy atom. The minimum Gasteiger partial charge on any atom is -0.322 e. The summed E-state index contributed by atoms with van der Waals surface area (Å²) in [4.78, 5) is 22.7. The standard InChI is InChI=1S/C19H21N3O5S/c1-14-9-11-21(12-10-14)28(26,27)18-7-5-16(6-8-18)20-19(23)15-3-2-4-17(13-15)22(24)25/h2-8,13-14H,9-12H2,1H3,(H,20,23). The first-order chi connectivity index (χ1) is 13.3. The van der Waals surface area contributed by atoms with Crippen molar-refractivity contribution >= 4 is 27.3 Å². The number of nitro groups is 1. The topological polar surface area (TPSA) is 110 Å². The van der Waals surface area contributed by atoms with Gasteiger partial charge in [0, 0.05) is 36.5 Å². The van der Waals surface area contributed by atoms with E-state index >= 15 is 0 Å². The monoisotopic (exact) mass is 403 g/mol. The lowest BCUT2D eigenvalue weighted by atomic mass is 10.0. The molecule has 0 aromatic heterocycles. The molecule has 0 bridgehead atoms. The SMILES string of the molecule is CC1CCN(S(=O)(=O)c2ccc(NC(=O)c3cccc([N+](=O)[O-])c3)cc2)CC1. The molecule has 1 amide bonds. The van der Waals surface area contributed by atoms with Gasteiger partial charge in [-0.05, 0) is 49.1 Å². The average molecular weight is 403 g/mol. The second-order valence-corrected chi connectivity index (χ2v) is 8.81. The van der Waals surface area contributed by atoms with Crippen molar-refractivity contribution in [1.82, 2.24) is 4.31 Å². The molecule has 1 heterocycles. The lowest BCUT2D eigenvalue weighted by Gasteiger charge is -2.29. The van der Waals surface area contributed by atoms with Gasteiger partial charge in [0.15, 0.2) is 0 Å². The van der Waals surface area contributed by atoms with Crippen molar-refractivity contribution in [2.75, 3.05) is 18.4 Å². The Morgan fingerprint density at radius 1 is 1.14 bits per heavy atom. The molecule has 2 aromatic rings. The third kappa shape index (κ3) is 4.37. The van der Waals surface area contributed by atoms with Crippen LogP contribution in [0.1, 0.15) is 30.1 Å². The number of nitrogens with zero attached hydrogens (tertiary/aromatic N) is 2. The van der Waals surface area contributed by atoms with Crippen LogP contribution < -0.4 is 5.32 Å². The predicted molar refractivity (Wildman–Crippen MR) is 105 cm³/mol. The van der Waals surface area contributed by atoms with Crippen LogP contribution in [0.25, 0.3) is 0 Å². The van der Waals surface area contributed by atoms with Crippen LogP contribution in [-0.2, 0) is 10.0 Å². The van der Waals surface area contributed by atoms with E-state index in [2.05, 4.69) is 12.2 Å². The average Bonchev–Trinajstić information content (AvgIpc) is 2.69. The first-order valence-corrected chi connectivity index (χ1v) is 10.4. The molecule has 1 aliphatic rings. The van der Waals surface area contributed by atoms with E-state index in [0.717, 1.165) is 12.8 Å². The summed E-state index contributed by atoms with van der Waals surface area (Å²) >= 11 is 0. The molecule has 148 valence electrons. The predicted octanol–water partition coefficient (Wildman–Crippen LogP) is 3.27. The number of non-ortho nitro benzene ring substituents is 1. The summed E-state index contributed by atoms with van der Waals surface area (Å²) in [6, 6.07) is 11.3. The number of rotatable bonds is 5. The Kier molecular flexibility index (Phi) is 5.76. The zero-order chi connectivity index (χ0) is 20.3. The molecular weight excluding hydrogens is 382 g/mol. The first-order valence-electron chi connectivity index (χ1n) is 8.93. The highest BCUT2D eigenvalue weighted by Crippen LogP contribution is 2.24. The maximum atomic E-state index is 12.7. The molecule has 1 N–H and O–H groups in total. The van der Waals surface area contributed by atoms with Crippen molar-refractivity contribution in [3.63, 3.8) is 0 Å². The van der Waals surface area contributed by atoms with Gasteiger partial charge in [0.2, 0.25) is 10.0 Å². The van der Waals surface area contributed by atoms with E-state index in [1.165, 1.54) is 52.8 Å². The molecule has 28 heavy (non-hydrogen) atoms. The highest BCUT2D eigenvalue weighted by atomic mass is 32.2. The molecule has 1 aliphatic heterocycles. The molecule has 8 nitrogen and oxygen atoms in total.